The lowest BCUT2D eigenvalue weighted by atomic mass is 9.96. The molecule has 0 aliphatic carbocycles. The van der Waals surface area contributed by atoms with Crippen LogP contribution in [0.3, 0.4) is 0 Å². The first-order valence-electron chi connectivity index (χ1n) is 6.01. The Balaban J connectivity index is 2.62. The van der Waals surface area contributed by atoms with Gasteiger partial charge in [-0.2, -0.15) is 0 Å². The van der Waals surface area contributed by atoms with Gasteiger partial charge >= 0.3 is 0 Å². The van der Waals surface area contributed by atoms with E-state index in [0.717, 1.165) is 4.90 Å². The number of carbonyl (C=O) groups excluding carboxylic acids is 2. The Labute approximate surface area is 115 Å². The number of ether oxygens (including phenoxy) is 1. The molecule has 106 valence electrons. The van der Waals surface area contributed by atoms with Crippen molar-refractivity contribution >= 4 is 11.7 Å². The quantitative estimate of drug-likeness (QED) is 0.855. The maximum Gasteiger partial charge on any atom is 0.291 e. The molecule has 6 nitrogen and oxygen atoms in total. The number of rotatable bonds is 4. The van der Waals surface area contributed by atoms with Crippen molar-refractivity contribution in [1.82, 2.24) is 4.90 Å². The van der Waals surface area contributed by atoms with Crippen LogP contribution in [0, 0.1) is 0 Å². The van der Waals surface area contributed by atoms with Crippen LogP contribution in [0.2, 0.25) is 0 Å². The number of nitrogens with zero attached hydrogens (tertiary/aromatic N) is 1. The number of aliphatic hydroxyl groups excluding tert-OH is 2. The number of methoxy groups -OCH3 is 1. The molecule has 6 heteroatoms. The second-order valence-corrected chi connectivity index (χ2v) is 4.38. The Morgan fingerprint density at radius 1 is 1.40 bits per heavy atom. The van der Waals surface area contributed by atoms with Crippen molar-refractivity contribution in [3.8, 4) is 5.75 Å². The summed E-state index contributed by atoms with van der Waals surface area (Å²) in [6, 6.07) is 5.99. The van der Waals surface area contributed by atoms with E-state index in [2.05, 4.69) is 0 Å². The van der Waals surface area contributed by atoms with Gasteiger partial charge in [-0.1, -0.05) is 18.2 Å². The van der Waals surface area contributed by atoms with Gasteiger partial charge in [-0.05, 0) is 13.0 Å². The fraction of sp³-hybridized carbons (Fsp3) is 0.286. The maximum atomic E-state index is 11.9. The molecule has 2 rings (SSSR count). The molecule has 1 heterocycles. The van der Waals surface area contributed by atoms with Crippen molar-refractivity contribution in [2.45, 2.75) is 13.0 Å². The number of carbonyl (C=O) groups is 2. The third-order valence-electron chi connectivity index (χ3n) is 3.27. The maximum absolute atomic E-state index is 11.9. The summed E-state index contributed by atoms with van der Waals surface area (Å²) in [5, 5.41) is 19.2. The number of ketones is 1. The second kappa shape index (κ2) is 5.34. The normalized spacial score (nSPS) is 18.6. The Kier molecular flexibility index (Phi) is 3.76. The van der Waals surface area contributed by atoms with Crippen LogP contribution in [-0.2, 0) is 9.59 Å². The van der Waals surface area contributed by atoms with Gasteiger partial charge < -0.3 is 19.8 Å². The lowest BCUT2D eigenvalue weighted by Crippen LogP contribution is -2.32. The number of hydrogen-bond donors (Lipinski definition) is 2. The fourth-order valence-corrected chi connectivity index (χ4v) is 2.37. The van der Waals surface area contributed by atoms with Gasteiger partial charge in [0.05, 0.1) is 18.7 Å². The zero-order valence-corrected chi connectivity index (χ0v) is 11.2. The van der Waals surface area contributed by atoms with E-state index in [1.165, 1.54) is 14.0 Å². The van der Waals surface area contributed by atoms with E-state index in [1.54, 1.807) is 24.3 Å². The summed E-state index contributed by atoms with van der Waals surface area (Å²) in [6.45, 7) is 0.657. The van der Waals surface area contributed by atoms with Crippen LogP contribution in [0.1, 0.15) is 18.5 Å². The van der Waals surface area contributed by atoms with Crippen LogP contribution in [0.25, 0.3) is 0 Å². The van der Waals surface area contributed by atoms with Crippen LogP contribution >= 0.6 is 0 Å². The van der Waals surface area contributed by atoms with Crippen LogP contribution in [0.15, 0.2) is 35.6 Å². The van der Waals surface area contributed by atoms with Gasteiger partial charge in [-0.15, -0.1) is 0 Å². The minimum absolute atomic E-state index is 0.0337. The Bertz CT molecular complexity index is 593. The predicted octanol–water partition coefficient (Wildman–Crippen LogP) is 0.929. The van der Waals surface area contributed by atoms with Gasteiger partial charge in [0.25, 0.3) is 5.91 Å². The molecule has 1 aliphatic rings. The van der Waals surface area contributed by atoms with E-state index < -0.39 is 30.2 Å². The standard InChI is InChI=1S/C14H15NO5/c1-8(17)11-12(15(7-16)14(19)13(11)18)9-5-3-4-6-10(9)20-2/h3-6,12,16,18H,7H2,1-2H3. The molecule has 1 aliphatic heterocycles. The highest BCUT2D eigenvalue weighted by molar-refractivity contribution is 6.08. The Morgan fingerprint density at radius 3 is 2.60 bits per heavy atom. The lowest BCUT2D eigenvalue weighted by molar-refractivity contribution is -0.133. The summed E-state index contributed by atoms with van der Waals surface area (Å²) in [6.07, 6.45) is 0. The molecule has 1 unspecified atom stereocenters. The zero-order valence-electron chi connectivity index (χ0n) is 11.2. The van der Waals surface area contributed by atoms with Crippen molar-refractivity contribution < 1.29 is 24.5 Å². The van der Waals surface area contributed by atoms with Gasteiger partial charge in [-0.3, -0.25) is 9.59 Å². The summed E-state index contributed by atoms with van der Waals surface area (Å²) >= 11 is 0. The molecule has 0 aromatic heterocycles. The summed E-state index contributed by atoms with van der Waals surface area (Å²) in [5.74, 6) is -1.35. The molecule has 0 saturated heterocycles. The summed E-state index contributed by atoms with van der Waals surface area (Å²) in [5.41, 5.74) is 0.500. The van der Waals surface area contributed by atoms with Gasteiger partial charge in [-0.25, -0.2) is 0 Å². The molecule has 2 N–H and O–H groups in total. The molecule has 0 radical (unpaired) electrons. The Hall–Kier alpha value is -2.34. The van der Waals surface area contributed by atoms with Gasteiger partial charge in [0, 0.05) is 5.56 Å². The molecule has 1 aromatic rings. The predicted molar refractivity (Wildman–Crippen MR) is 70.0 cm³/mol. The number of hydrogen-bond acceptors (Lipinski definition) is 5. The molecule has 1 amide bonds. The minimum Gasteiger partial charge on any atom is -0.503 e. The highest BCUT2D eigenvalue weighted by atomic mass is 16.5. The molecule has 0 bridgehead atoms. The van der Waals surface area contributed by atoms with E-state index in [1.807, 2.05) is 0 Å². The van der Waals surface area contributed by atoms with Crippen LogP contribution in [-0.4, -0.2) is 40.6 Å². The SMILES string of the molecule is COc1ccccc1C1C(C(C)=O)=C(O)C(=O)N1CO. The van der Waals surface area contributed by atoms with Crippen LogP contribution in [0.5, 0.6) is 5.75 Å². The van der Waals surface area contributed by atoms with Crippen molar-refractivity contribution in [3.05, 3.63) is 41.2 Å². The molecule has 0 saturated carbocycles. The highest BCUT2D eigenvalue weighted by Crippen LogP contribution is 2.40. The van der Waals surface area contributed by atoms with Gasteiger partial charge in [0.2, 0.25) is 0 Å². The van der Waals surface area contributed by atoms with Crippen molar-refractivity contribution in [3.63, 3.8) is 0 Å². The number of Topliss-reactive ketones (excluding diaryl/α,β-unsaturated/α-hetero) is 1. The number of amides is 1. The molecule has 0 spiro atoms. The molecule has 1 atom stereocenters. The van der Waals surface area contributed by atoms with E-state index in [4.69, 9.17) is 4.74 Å². The van der Waals surface area contributed by atoms with E-state index in [-0.39, 0.29) is 5.57 Å². The first-order chi connectivity index (χ1) is 9.52. The molecule has 0 fully saturated rings. The fourth-order valence-electron chi connectivity index (χ4n) is 2.37. The van der Waals surface area contributed by atoms with E-state index in [0.29, 0.717) is 11.3 Å². The van der Waals surface area contributed by atoms with Crippen LogP contribution in [0.4, 0.5) is 0 Å². The van der Waals surface area contributed by atoms with Crippen molar-refractivity contribution in [1.29, 1.82) is 0 Å². The zero-order chi connectivity index (χ0) is 14.9. The number of aliphatic hydroxyl groups is 2. The lowest BCUT2D eigenvalue weighted by Gasteiger charge is -2.25. The first-order valence-corrected chi connectivity index (χ1v) is 6.01. The van der Waals surface area contributed by atoms with E-state index in [9.17, 15) is 19.8 Å². The molecular weight excluding hydrogens is 262 g/mol. The third-order valence-corrected chi connectivity index (χ3v) is 3.27. The summed E-state index contributed by atoms with van der Waals surface area (Å²) in [4.78, 5) is 24.6. The average Bonchev–Trinajstić information content (AvgIpc) is 2.70. The number of benzene rings is 1. The van der Waals surface area contributed by atoms with Crippen molar-refractivity contribution in [2.24, 2.45) is 0 Å². The number of para-hydroxylation sites is 1. The third kappa shape index (κ3) is 2.04. The summed E-state index contributed by atoms with van der Waals surface area (Å²) < 4.78 is 5.21. The average molecular weight is 277 g/mol. The molecule has 20 heavy (non-hydrogen) atoms. The Morgan fingerprint density at radius 2 is 2.05 bits per heavy atom. The second-order valence-electron chi connectivity index (χ2n) is 4.38. The van der Waals surface area contributed by atoms with Gasteiger partial charge in [0.1, 0.15) is 12.5 Å². The van der Waals surface area contributed by atoms with Crippen LogP contribution < -0.4 is 4.74 Å². The topological polar surface area (TPSA) is 87.1 Å². The highest BCUT2D eigenvalue weighted by Gasteiger charge is 2.43. The van der Waals surface area contributed by atoms with Crippen molar-refractivity contribution in [2.75, 3.05) is 13.8 Å². The largest absolute Gasteiger partial charge is 0.503 e. The monoisotopic (exact) mass is 277 g/mol. The smallest absolute Gasteiger partial charge is 0.291 e. The van der Waals surface area contributed by atoms with E-state index >= 15 is 0 Å². The van der Waals surface area contributed by atoms with Gasteiger partial charge in [0.15, 0.2) is 11.5 Å². The summed E-state index contributed by atoms with van der Waals surface area (Å²) in [7, 11) is 1.47. The first kappa shape index (κ1) is 14.1. The molecule has 1 aromatic carbocycles. The molecular formula is C14H15NO5. The minimum atomic E-state index is -0.846.